The van der Waals surface area contributed by atoms with Gasteiger partial charge < -0.3 is 5.32 Å². The first kappa shape index (κ1) is 14.6. The molecule has 0 aromatic heterocycles. The zero-order valence-electron chi connectivity index (χ0n) is 12.8. The van der Waals surface area contributed by atoms with Crippen molar-refractivity contribution in [1.82, 2.24) is 5.32 Å². The molecule has 3 unspecified atom stereocenters. The highest BCUT2D eigenvalue weighted by Crippen LogP contribution is 2.29. The van der Waals surface area contributed by atoms with Crippen molar-refractivity contribution in [3.8, 4) is 0 Å². The van der Waals surface area contributed by atoms with Crippen LogP contribution in [0.3, 0.4) is 0 Å². The molecule has 1 aromatic rings. The average Bonchev–Trinajstić information content (AvgIpc) is 2.61. The minimum atomic E-state index is 0.567. The molecule has 19 heavy (non-hydrogen) atoms. The normalized spacial score (nSPS) is 22.4. The maximum atomic E-state index is 3.88. The zero-order valence-corrected chi connectivity index (χ0v) is 12.8. The van der Waals surface area contributed by atoms with Crippen molar-refractivity contribution < 1.29 is 0 Å². The maximum Gasteiger partial charge on any atom is 0.0325 e. The first-order valence-corrected chi connectivity index (χ1v) is 8.04. The summed E-state index contributed by atoms with van der Waals surface area (Å²) >= 11 is 0. The van der Waals surface area contributed by atoms with Crippen molar-refractivity contribution in [3.05, 3.63) is 35.4 Å². The zero-order chi connectivity index (χ0) is 13.7. The minimum absolute atomic E-state index is 0.567. The summed E-state index contributed by atoms with van der Waals surface area (Å²) in [4.78, 5) is 0. The van der Waals surface area contributed by atoms with E-state index in [1.807, 2.05) is 0 Å². The molecular weight excluding hydrogens is 230 g/mol. The highest BCUT2D eigenvalue weighted by Gasteiger charge is 2.20. The Morgan fingerprint density at radius 2 is 2.00 bits per heavy atom. The topological polar surface area (TPSA) is 12.0 Å². The fraction of sp³-hybridized carbons (Fsp3) is 0.667. The molecule has 1 N–H and O–H groups in total. The summed E-state index contributed by atoms with van der Waals surface area (Å²) in [5, 5.41) is 3.88. The van der Waals surface area contributed by atoms with Crippen LogP contribution in [0, 0.1) is 5.92 Å². The van der Waals surface area contributed by atoms with Crippen molar-refractivity contribution in [2.24, 2.45) is 5.92 Å². The first-order valence-electron chi connectivity index (χ1n) is 8.04. The van der Waals surface area contributed by atoms with Crippen LogP contribution in [0.15, 0.2) is 24.3 Å². The Bertz CT molecular complexity index is 385. The number of rotatable bonds is 5. The number of fused-ring (bicyclic) bond motifs is 1. The van der Waals surface area contributed by atoms with Crippen LogP contribution in [0.2, 0.25) is 0 Å². The predicted octanol–water partition coefficient (Wildman–Crippen LogP) is 4.87. The monoisotopic (exact) mass is 259 g/mol. The van der Waals surface area contributed by atoms with Crippen LogP contribution in [0.25, 0.3) is 0 Å². The molecule has 0 spiro atoms. The van der Waals surface area contributed by atoms with Crippen molar-refractivity contribution in [2.75, 3.05) is 0 Å². The molecule has 0 fully saturated rings. The molecule has 0 radical (unpaired) electrons. The summed E-state index contributed by atoms with van der Waals surface area (Å²) in [7, 11) is 0. The molecule has 0 saturated carbocycles. The molecule has 1 aliphatic rings. The van der Waals surface area contributed by atoms with E-state index >= 15 is 0 Å². The molecule has 1 aliphatic carbocycles. The summed E-state index contributed by atoms with van der Waals surface area (Å²) in [6.45, 7) is 7.00. The number of benzene rings is 1. The standard InChI is InChI=1S/C18H29N/c1-4-14(2)13-15(3)19-18-12-8-6-10-16-9-5-7-11-17(16)18/h5,7,9,11,14-15,18-19H,4,6,8,10,12-13H2,1-3H3. The quantitative estimate of drug-likeness (QED) is 0.744. The molecule has 3 atom stereocenters. The molecule has 0 heterocycles. The van der Waals surface area contributed by atoms with Gasteiger partial charge in [-0.25, -0.2) is 0 Å². The second-order valence-electron chi connectivity index (χ2n) is 6.31. The van der Waals surface area contributed by atoms with E-state index in [0.717, 1.165) is 5.92 Å². The number of hydrogen-bond donors (Lipinski definition) is 1. The lowest BCUT2D eigenvalue weighted by molar-refractivity contribution is 0.364. The Hall–Kier alpha value is -0.820. The Balaban J connectivity index is 2.03. The highest BCUT2D eigenvalue weighted by molar-refractivity contribution is 5.31. The van der Waals surface area contributed by atoms with E-state index < -0.39 is 0 Å². The summed E-state index contributed by atoms with van der Waals surface area (Å²) in [6, 6.07) is 10.2. The second-order valence-corrected chi connectivity index (χ2v) is 6.31. The van der Waals surface area contributed by atoms with E-state index in [9.17, 15) is 0 Å². The summed E-state index contributed by atoms with van der Waals surface area (Å²) in [6.07, 6.45) is 7.82. The number of aryl methyl sites for hydroxylation is 1. The van der Waals surface area contributed by atoms with Gasteiger partial charge in [0.05, 0.1) is 0 Å². The Morgan fingerprint density at radius 1 is 1.21 bits per heavy atom. The van der Waals surface area contributed by atoms with Crippen LogP contribution in [-0.4, -0.2) is 6.04 Å². The van der Waals surface area contributed by atoms with Crippen LogP contribution in [0.5, 0.6) is 0 Å². The predicted molar refractivity (Wildman–Crippen MR) is 83.4 cm³/mol. The van der Waals surface area contributed by atoms with E-state index in [2.05, 4.69) is 50.4 Å². The van der Waals surface area contributed by atoms with Gasteiger partial charge in [0.1, 0.15) is 0 Å². The van der Waals surface area contributed by atoms with Gasteiger partial charge in [0.2, 0.25) is 0 Å². The summed E-state index contributed by atoms with van der Waals surface area (Å²) in [5.41, 5.74) is 3.12. The third-order valence-electron chi connectivity index (χ3n) is 4.56. The molecule has 0 aliphatic heterocycles. The van der Waals surface area contributed by atoms with Crippen molar-refractivity contribution in [2.45, 2.75) is 71.4 Å². The first-order chi connectivity index (χ1) is 9.20. The maximum absolute atomic E-state index is 3.88. The lowest BCUT2D eigenvalue weighted by atomic mass is 9.96. The second kappa shape index (κ2) is 7.09. The van der Waals surface area contributed by atoms with Crippen LogP contribution in [0.1, 0.15) is 70.0 Å². The van der Waals surface area contributed by atoms with E-state index in [-0.39, 0.29) is 0 Å². The lowest BCUT2D eigenvalue weighted by Crippen LogP contribution is -2.32. The summed E-state index contributed by atoms with van der Waals surface area (Å²) < 4.78 is 0. The van der Waals surface area contributed by atoms with Crippen molar-refractivity contribution in [3.63, 3.8) is 0 Å². The molecule has 0 bridgehead atoms. The Morgan fingerprint density at radius 3 is 2.79 bits per heavy atom. The number of nitrogens with one attached hydrogen (secondary N) is 1. The van der Waals surface area contributed by atoms with Gasteiger partial charge in [0.15, 0.2) is 0 Å². The molecule has 1 aromatic carbocycles. The van der Waals surface area contributed by atoms with Crippen molar-refractivity contribution in [1.29, 1.82) is 0 Å². The van der Waals surface area contributed by atoms with Gasteiger partial charge >= 0.3 is 0 Å². The van der Waals surface area contributed by atoms with Gasteiger partial charge in [0.25, 0.3) is 0 Å². The average molecular weight is 259 g/mol. The molecule has 2 rings (SSSR count). The van der Waals surface area contributed by atoms with Gasteiger partial charge in [-0.05, 0) is 49.7 Å². The third-order valence-corrected chi connectivity index (χ3v) is 4.56. The van der Waals surface area contributed by atoms with Gasteiger partial charge in [0, 0.05) is 12.1 Å². The van der Waals surface area contributed by atoms with Gasteiger partial charge in [-0.1, -0.05) is 51.0 Å². The largest absolute Gasteiger partial charge is 0.307 e. The highest BCUT2D eigenvalue weighted by atomic mass is 14.9. The third kappa shape index (κ3) is 4.07. The van der Waals surface area contributed by atoms with Crippen LogP contribution < -0.4 is 5.32 Å². The minimum Gasteiger partial charge on any atom is -0.307 e. The van der Waals surface area contributed by atoms with Crippen molar-refractivity contribution >= 4 is 0 Å². The fourth-order valence-corrected chi connectivity index (χ4v) is 3.28. The summed E-state index contributed by atoms with van der Waals surface area (Å²) in [5.74, 6) is 0.823. The van der Waals surface area contributed by atoms with Crippen LogP contribution >= 0.6 is 0 Å². The Labute approximate surface area is 118 Å². The van der Waals surface area contributed by atoms with E-state index in [4.69, 9.17) is 0 Å². The molecule has 106 valence electrons. The molecule has 1 heteroatoms. The van der Waals surface area contributed by atoms with E-state index in [0.29, 0.717) is 12.1 Å². The van der Waals surface area contributed by atoms with E-state index in [1.54, 1.807) is 11.1 Å². The molecular formula is C18H29N. The SMILES string of the molecule is CCC(C)CC(C)NC1CCCCc2ccccc21. The Kier molecular flexibility index (Phi) is 5.45. The molecule has 1 nitrogen and oxygen atoms in total. The van der Waals surface area contributed by atoms with Gasteiger partial charge in [-0.3, -0.25) is 0 Å². The smallest absolute Gasteiger partial charge is 0.0325 e. The van der Waals surface area contributed by atoms with Gasteiger partial charge in [-0.15, -0.1) is 0 Å². The van der Waals surface area contributed by atoms with Crippen LogP contribution in [-0.2, 0) is 6.42 Å². The van der Waals surface area contributed by atoms with Gasteiger partial charge in [-0.2, -0.15) is 0 Å². The number of hydrogen-bond acceptors (Lipinski definition) is 1. The fourth-order valence-electron chi connectivity index (χ4n) is 3.28. The molecule has 0 amide bonds. The van der Waals surface area contributed by atoms with Crippen LogP contribution in [0.4, 0.5) is 0 Å². The lowest BCUT2D eigenvalue weighted by Gasteiger charge is -2.25. The molecule has 0 saturated heterocycles. The van der Waals surface area contributed by atoms with E-state index in [1.165, 1.54) is 38.5 Å².